The van der Waals surface area contributed by atoms with Crippen molar-refractivity contribution in [3.63, 3.8) is 0 Å². The number of amides is 1. The summed E-state index contributed by atoms with van der Waals surface area (Å²) in [5.41, 5.74) is 1.11. The number of carbonyl (C=O) groups excluding carboxylic acids is 1. The molecule has 140 valence electrons. The molecule has 9 heteroatoms. The van der Waals surface area contributed by atoms with Crippen molar-refractivity contribution in [2.24, 2.45) is 0 Å². The second kappa shape index (κ2) is 8.09. The number of carbonyl (C=O) groups is 2. The smallest absolute Gasteiger partial charge is 0.326 e. The molecular weight excluding hydrogens is 368 g/mol. The van der Waals surface area contributed by atoms with Crippen molar-refractivity contribution in [1.29, 1.82) is 0 Å². The van der Waals surface area contributed by atoms with Crippen molar-refractivity contribution in [1.82, 2.24) is 20.3 Å². The van der Waals surface area contributed by atoms with Gasteiger partial charge in [-0.3, -0.25) is 9.59 Å². The molecule has 4 N–H and O–H groups in total. The number of carboxylic acid groups (broad SMARTS) is 1. The first-order valence-corrected chi connectivity index (χ1v) is 9.55. The lowest BCUT2D eigenvalue weighted by Gasteiger charge is -2.14. The van der Waals surface area contributed by atoms with Gasteiger partial charge in [-0.1, -0.05) is 18.2 Å². The van der Waals surface area contributed by atoms with E-state index in [0.717, 1.165) is 22.5 Å². The lowest BCUT2D eigenvalue weighted by Crippen LogP contribution is -2.43. The van der Waals surface area contributed by atoms with Gasteiger partial charge in [-0.2, -0.15) is 11.8 Å². The van der Waals surface area contributed by atoms with E-state index in [0.29, 0.717) is 11.6 Å². The number of nitrogens with one attached hydrogen (secondary N) is 3. The molecule has 0 saturated heterocycles. The fourth-order valence-corrected chi connectivity index (χ4v) is 3.19. The van der Waals surface area contributed by atoms with Crippen molar-refractivity contribution >= 4 is 34.5 Å². The van der Waals surface area contributed by atoms with Gasteiger partial charge in [-0.15, -0.1) is 0 Å². The number of thioether (sulfide) groups is 1. The van der Waals surface area contributed by atoms with E-state index in [1.165, 1.54) is 11.8 Å². The van der Waals surface area contributed by atoms with Crippen LogP contribution in [-0.4, -0.2) is 44.2 Å². The molecule has 0 bridgehead atoms. The molecule has 3 rings (SSSR count). The van der Waals surface area contributed by atoms with E-state index in [-0.39, 0.29) is 12.1 Å². The topological polar surface area (TPSA) is 128 Å². The Morgan fingerprint density at radius 2 is 2.11 bits per heavy atom. The Balaban J connectivity index is 1.81. The molecule has 0 fully saturated rings. The number of para-hydroxylation sites is 1. The van der Waals surface area contributed by atoms with Crippen LogP contribution >= 0.6 is 11.8 Å². The number of fused-ring (bicyclic) bond motifs is 1. The van der Waals surface area contributed by atoms with Crippen LogP contribution in [-0.2, 0) is 17.0 Å². The summed E-state index contributed by atoms with van der Waals surface area (Å²) in [6, 6.07) is 7.42. The molecule has 1 amide bonds. The molecule has 8 nitrogen and oxygen atoms in total. The van der Waals surface area contributed by atoms with Gasteiger partial charge in [-0.05, 0) is 17.9 Å². The molecule has 0 saturated carbocycles. The van der Waals surface area contributed by atoms with Gasteiger partial charge in [0.15, 0.2) is 0 Å². The van der Waals surface area contributed by atoms with Crippen LogP contribution in [0.15, 0.2) is 41.3 Å². The minimum Gasteiger partial charge on any atom is -0.480 e. The maximum absolute atomic E-state index is 12.5. The largest absolute Gasteiger partial charge is 0.480 e. The Labute approximate surface area is 158 Å². The molecule has 27 heavy (non-hydrogen) atoms. The number of carboxylic acids is 1. The number of rotatable bonds is 7. The second-order valence-corrected chi connectivity index (χ2v) is 6.80. The minimum atomic E-state index is -1.16. The maximum atomic E-state index is 12.5. The summed E-state index contributed by atoms with van der Waals surface area (Å²) in [6.07, 6.45) is 3.68. The molecular formula is C18H18N4O4S. The fourth-order valence-electron chi connectivity index (χ4n) is 2.78. The number of hydrogen-bond acceptors (Lipinski definition) is 5. The van der Waals surface area contributed by atoms with E-state index in [1.54, 1.807) is 6.20 Å². The number of hydrogen-bond donors (Lipinski definition) is 4. The highest BCUT2D eigenvalue weighted by molar-refractivity contribution is 7.97. The van der Waals surface area contributed by atoms with Gasteiger partial charge >= 0.3 is 5.97 Å². The SMILES string of the molecule is CSCc1nc(C(=O)NC(Cc2c[nH]c3ccccc23)C(=O)O)cc(=O)[nH]1. The van der Waals surface area contributed by atoms with Gasteiger partial charge in [0.2, 0.25) is 0 Å². The molecule has 2 heterocycles. The highest BCUT2D eigenvalue weighted by Crippen LogP contribution is 2.19. The lowest BCUT2D eigenvalue weighted by atomic mass is 10.0. The van der Waals surface area contributed by atoms with Crippen molar-refractivity contribution < 1.29 is 14.7 Å². The fraction of sp³-hybridized carbons (Fsp3) is 0.222. The highest BCUT2D eigenvalue weighted by Gasteiger charge is 2.23. The van der Waals surface area contributed by atoms with Gasteiger partial charge in [-0.25, -0.2) is 9.78 Å². The average molecular weight is 386 g/mol. The van der Waals surface area contributed by atoms with E-state index in [2.05, 4.69) is 20.3 Å². The van der Waals surface area contributed by atoms with Gasteiger partial charge in [0.1, 0.15) is 17.6 Å². The molecule has 0 spiro atoms. The standard InChI is InChI=1S/C18H18N4O4S/c1-27-9-15-20-13(7-16(23)22-15)17(24)21-14(18(25)26)6-10-8-19-12-5-3-2-4-11(10)12/h2-5,7-8,14,19H,6,9H2,1H3,(H,21,24)(H,25,26)(H,20,22,23). The van der Waals surface area contributed by atoms with Crippen molar-refractivity contribution in [3.8, 4) is 0 Å². The van der Waals surface area contributed by atoms with Crippen LogP contribution in [0.3, 0.4) is 0 Å². The van der Waals surface area contributed by atoms with E-state index in [9.17, 15) is 19.5 Å². The third kappa shape index (κ3) is 4.37. The van der Waals surface area contributed by atoms with Gasteiger partial charge in [0, 0.05) is 29.6 Å². The molecule has 3 aromatic rings. The summed E-state index contributed by atoms with van der Waals surface area (Å²) in [7, 11) is 0. The van der Waals surface area contributed by atoms with Crippen LogP contribution in [0.1, 0.15) is 21.9 Å². The summed E-state index contributed by atoms with van der Waals surface area (Å²) in [6.45, 7) is 0. The monoisotopic (exact) mass is 386 g/mol. The summed E-state index contributed by atoms with van der Waals surface area (Å²) in [4.78, 5) is 45.5. The molecule has 1 atom stereocenters. The van der Waals surface area contributed by atoms with Crippen LogP contribution in [0.25, 0.3) is 10.9 Å². The Morgan fingerprint density at radius 3 is 2.85 bits per heavy atom. The molecule has 0 aliphatic carbocycles. The molecule has 0 aliphatic rings. The molecule has 1 unspecified atom stereocenters. The molecule has 0 aliphatic heterocycles. The Hall–Kier alpha value is -3.07. The normalized spacial score (nSPS) is 12.0. The van der Waals surface area contributed by atoms with E-state index < -0.39 is 23.5 Å². The van der Waals surface area contributed by atoms with Gasteiger partial charge in [0.05, 0.1) is 5.75 Å². The zero-order chi connectivity index (χ0) is 19.4. The molecule has 1 aromatic carbocycles. The number of nitrogens with zero attached hydrogens (tertiary/aromatic N) is 1. The summed E-state index contributed by atoms with van der Waals surface area (Å²) >= 11 is 1.44. The van der Waals surface area contributed by atoms with Crippen molar-refractivity contribution in [2.75, 3.05) is 6.26 Å². The number of benzene rings is 1. The van der Waals surface area contributed by atoms with Crippen LogP contribution in [0.4, 0.5) is 0 Å². The minimum absolute atomic E-state index is 0.103. The van der Waals surface area contributed by atoms with Crippen molar-refractivity contribution in [3.05, 3.63) is 64.0 Å². The lowest BCUT2D eigenvalue weighted by molar-refractivity contribution is -0.139. The average Bonchev–Trinajstić information content (AvgIpc) is 3.04. The zero-order valence-corrected chi connectivity index (χ0v) is 15.3. The van der Waals surface area contributed by atoms with E-state index in [1.807, 2.05) is 30.5 Å². The van der Waals surface area contributed by atoms with E-state index >= 15 is 0 Å². The first-order chi connectivity index (χ1) is 13.0. The number of H-pyrrole nitrogens is 2. The van der Waals surface area contributed by atoms with Crippen LogP contribution in [0.5, 0.6) is 0 Å². The number of aromatic nitrogens is 3. The Bertz CT molecular complexity index is 1040. The van der Waals surface area contributed by atoms with E-state index in [4.69, 9.17) is 0 Å². The second-order valence-electron chi connectivity index (χ2n) is 5.94. The maximum Gasteiger partial charge on any atom is 0.326 e. The first-order valence-electron chi connectivity index (χ1n) is 8.15. The number of aliphatic carboxylic acids is 1. The highest BCUT2D eigenvalue weighted by atomic mass is 32.2. The predicted molar refractivity (Wildman–Crippen MR) is 103 cm³/mol. The predicted octanol–water partition coefficient (Wildman–Crippen LogP) is 1.54. The van der Waals surface area contributed by atoms with Gasteiger partial charge in [0.25, 0.3) is 11.5 Å². The zero-order valence-electron chi connectivity index (χ0n) is 14.5. The summed E-state index contributed by atoms with van der Waals surface area (Å²) < 4.78 is 0. The molecule has 2 aromatic heterocycles. The third-order valence-corrected chi connectivity index (χ3v) is 4.57. The molecule has 0 radical (unpaired) electrons. The summed E-state index contributed by atoms with van der Waals surface area (Å²) in [5.74, 6) is -1.06. The van der Waals surface area contributed by atoms with Crippen molar-refractivity contribution in [2.45, 2.75) is 18.2 Å². The quantitative estimate of drug-likeness (QED) is 0.488. The number of aromatic amines is 2. The Morgan fingerprint density at radius 1 is 1.33 bits per heavy atom. The van der Waals surface area contributed by atoms with Crippen LogP contribution in [0.2, 0.25) is 0 Å². The third-order valence-electron chi connectivity index (χ3n) is 4.01. The summed E-state index contributed by atoms with van der Waals surface area (Å²) in [5, 5.41) is 12.9. The van der Waals surface area contributed by atoms with Crippen LogP contribution in [0, 0.1) is 0 Å². The Kier molecular flexibility index (Phi) is 5.60. The van der Waals surface area contributed by atoms with Crippen LogP contribution < -0.4 is 10.9 Å². The first kappa shape index (κ1) is 18.7. The van der Waals surface area contributed by atoms with Gasteiger partial charge < -0.3 is 20.4 Å².